The molecule has 15 heavy (non-hydrogen) atoms. The van der Waals surface area contributed by atoms with Crippen LogP contribution in [-0.4, -0.2) is 32.1 Å². The van der Waals surface area contributed by atoms with Gasteiger partial charge in [0.25, 0.3) is 0 Å². The summed E-state index contributed by atoms with van der Waals surface area (Å²) in [6, 6.07) is 3.07. The highest BCUT2D eigenvalue weighted by Crippen LogP contribution is 2.23. The number of nitrogens with two attached hydrogens (primary N) is 1. The minimum Gasteiger partial charge on any atom is -0.397 e. The summed E-state index contributed by atoms with van der Waals surface area (Å²) in [5.74, 6) is -0.239. The first kappa shape index (κ1) is 12.5. The van der Waals surface area contributed by atoms with Crippen molar-refractivity contribution in [1.82, 2.24) is 4.90 Å². The van der Waals surface area contributed by atoms with Gasteiger partial charge in [0.1, 0.15) is 5.82 Å². The van der Waals surface area contributed by atoms with E-state index in [1.807, 2.05) is 41.6 Å². The largest absolute Gasteiger partial charge is 0.397 e. The first-order valence-corrected chi connectivity index (χ1v) is 5.71. The van der Waals surface area contributed by atoms with Gasteiger partial charge in [-0.1, -0.05) is 0 Å². The second kappa shape index (κ2) is 5.50. The molecule has 84 valence electrons. The van der Waals surface area contributed by atoms with E-state index in [1.165, 1.54) is 6.07 Å². The number of nitrogens with one attached hydrogen (secondary N) is 1. The quantitative estimate of drug-likeness (QED) is 0.658. The third kappa shape index (κ3) is 3.83. The number of likely N-dealkylation sites (N-methyl/N-ethyl adjacent to an activating group) is 1. The number of hydrogen-bond donors (Lipinski definition) is 2. The van der Waals surface area contributed by atoms with E-state index in [2.05, 4.69) is 5.32 Å². The Hall–Kier alpha value is -0.560. The fourth-order valence-electron chi connectivity index (χ4n) is 1.13. The summed E-state index contributed by atoms with van der Waals surface area (Å²) in [6.07, 6.45) is 0. The topological polar surface area (TPSA) is 41.3 Å². The van der Waals surface area contributed by atoms with Gasteiger partial charge in [0.15, 0.2) is 0 Å². The molecule has 0 heterocycles. The van der Waals surface area contributed by atoms with Crippen LogP contribution >= 0.6 is 22.6 Å². The lowest BCUT2D eigenvalue weighted by Crippen LogP contribution is -2.21. The summed E-state index contributed by atoms with van der Waals surface area (Å²) >= 11 is 1.92. The van der Waals surface area contributed by atoms with E-state index in [4.69, 9.17) is 5.73 Å². The zero-order valence-electron chi connectivity index (χ0n) is 8.85. The summed E-state index contributed by atoms with van der Waals surface area (Å²) in [5.41, 5.74) is 7.00. The molecule has 0 atom stereocenters. The van der Waals surface area contributed by atoms with Gasteiger partial charge in [-0.25, -0.2) is 4.39 Å². The van der Waals surface area contributed by atoms with Crippen molar-refractivity contribution in [2.75, 3.05) is 38.2 Å². The van der Waals surface area contributed by atoms with Crippen molar-refractivity contribution in [2.45, 2.75) is 0 Å². The Morgan fingerprint density at radius 2 is 2.13 bits per heavy atom. The third-order valence-electron chi connectivity index (χ3n) is 1.97. The second-order valence-electron chi connectivity index (χ2n) is 3.58. The zero-order valence-corrected chi connectivity index (χ0v) is 11.0. The maximum Gasteiger partial charge on any atom is 0.138 e. The molecule has 1 rings (SSSR count). The molecule has 0 spiro atoms. The lowest BCUT2D eigenvalue weighted by atomic mass is 10.2. The Morgan fingerprint density at radius 3 is 2.73 bits per heavy atom. The van der Waals surface area contributed by atoms with Crippen LogP contribution in [0.3, 0.4) is 0 Å². The van der Waals surface area contributed by atoms with Gasteiger partial charge in [-0.3, -0.25) is 0 Å². The Labute approximate surface area is 103 Å². The Morgan fingerprint density at radius 1 is 1.47 bits per heavy atom. The lowest BCUT2D eigenvalue weighted by Gasteiger charge is -2.13. The number of hydrogen-bond acceptors (Lipinski definition) is 3. The fraction of sp³-hybridized carbons (Fsp3) is 0.400. The first-order valence-electron chi connectivity index (χ1n) is 4.64. The van der Waals surface area contributed by atoms with Gasteiger partial charge < -0.3 is 16.0 Å². The highest BCUT2D eigenvalue weighted by atomic mass is 127. The average molecular weight is 323 g/mol. The van der Waals surface area contributed by atoms with E-state index in [0.29, 0.717) is 14.9 Å². The maximum absolute atomic E-state index is 13.2. The van der Waals surface area contributed by atoms with Crippen LogP contribution in [0.2, 0.25) is 0 Å². The molecule has 5 heteroatoms. The number of rotatable bonds is 4. The molecule has 0 unspecified atom stereocenters. The van der Waals surface area contributed by atoms with Gasteiger partial charge in [0.05, 0.1) is 14.9 Å². The van der Waals surface area contributed by atoms with Crippen molar-refractivity contribution in [3.63, 3.8) is 0 Å². The van der Waals surface area contributed by atoms with E-state index in [-0.39, 0.29) is 5.82 Å². The smallest absolute Gasteiger partial charge is 0.138 e. The molecule has 0 saturated carbocycles. The number of nitrogen functional groups attached to an aromatic ring is 1. The van der Waals surface area contributed by atoms with Crippen molar-refractivity contribution >= 4 is 34.0 Å². The van der Waals surface area contributed by atoms with E-state index in [0.717, 1.165) is 13.1 Å². The molecule has 3 nitrogen and oxygen atoms in total. The van der Waals surface area contributed by atoms with Crippen LogP contribution in [-0.2, 0) is 0 Å². The molecule has 1 aromatic carbocycles. The number of anilines is 2. The standard InChI is InChI=1S/C10H15FIN3/c1-15(2)4-3-14-10-5-7(11)8(12)6-9(10)13/h5-6,14H,3-4,13H2,1-2H3. The molecule has 3 N–H and O–H groups in total. The molecule has 1 aromatic rings. The van der Waals surface area contributed by atoms with Crippen LogP contribution in [0.1, 0.15) is 0 Å². The molecule has 0 amide bonds. The molecule has 0 saturated heterocycles. The van der Waals surface area contributed by atoms with Crippen LogP contribution in [0.5, 0.6) is 0 Å². The normalized spacial score (nSPS) is 10.7. The number of nitrogens with zero attached hydrogens (tertiary/aromatic N) is 1. The highest BCUT2D eigenvalue weighted by Gasteiger charge is 2.05. The Bertz CT molecular complexity index is 342. The fourth-order valence-corrected chi connectivity index (χ4v) is 1.62. The van der Waals surface area contributed by atoms with Gasteiger partial charge in [-0.15, -0.1) is 0 Å². The van der Waals surface area contributed by atoms with Crippen LogP contribution in [0.15, 0.2) is 12.1 Å². The van der Waals surface area contributed by atoms with Crippen LogP contribution in [0.25, 0.3) is 0 Å². The summed E-state index contributed by atoms with van der Waals surface area (Å²) in [4.78, 5) is 2.05. The van der Waals surface area contributed by atoms with Gasteiger partial charge in [-0.2, -0.15) is 0 Å². The van der Waals surface area contributed by atoms with Crippen molar-refractivity contribution in [3.05, 3.63) is 21.5 Å². The molecular formula is C10H15FIN3. The molecule has 0 fully saturated rings. The van der Waals surface area contributed by atoms with Crippen LogP contribution in [0, 0.1) is 9.39 Å². The van der Waals surface area contributed by atoms with Gasteiger partial charge in [0, 0.05) is 19.2 Å². The molecular weight excluding hydrogens is 308 g/mol. The lowest BCUT2D eigenvalue weighted by molar-refractivity contribution is 0.425. The second-order valence-corrected chi connectivity index (χ2v) is 4.75. The molecule has 0 aromatic heterocycles. The van der Waals surface area contributed by atoms with Gasteiger partial charge >= 0.3 is 0 Å². The Kier molecular flexibility index (Phi) is 4.59. The SMILES string of the molecule is CN(C)CCNc1cc(F)c(I)cc1N. The van der Waals surface area contributed by atoms with E-state index < -0.39 is 0 Å². The highest BCUT2D eigenvalue weighted by molar-refractivity contribution is 14.1. The van der Waals surface area contributed by atoms with Gasteiger partial charge in [-0.05, 0) is 42.8 Å². The van der Waals surface area contributed by atoms with E-state index >= 15 is 0 Å². The van der Waals surface area contributed by atoms with Crippen LogP contribution in [0.4, 0.5) is 15.8 Å². The molecule has 0 aliphatic rings. The summed E-state index contributed by atoms with van der Waals surface area (Å²) in [7, 11) is 3.97. The summed E-state index contributed by atoms with van der Waals surface area (Å²) in [5, 5.41) is 3.10. The average Bonchev–Trinajstić information content (AvgIpc) is 2.13. The van der Waals surface area contributed by atoms with Gasteiger partial charge in [0.2, 0.25) is 0 Å². The first-order chi connectivity index (χ1) is 7.00. The minimum atomic E-state index is -0.239. The maximum atomic E-state index is 13.2. The van der Waals surface area contributed by atoms with E-state index in [1.54, 1.807) is 6.07 Å². The minimum absolute atomic E-state index is 0.239. The summed E-state index contributed by atoms with van der Waals surface area (Å²) < 4.78 is 13.8. The van der Waals surface area contributed by atoms with Crippen molar-refractivity contribution in [3.8, 4) is 0 Å². The van der Waals surface area contributed by atoms with E-state index in [9.17, 15) is 4.39 Å². The van der Waals surface area contributed by atoms with Crippen molar-refractivity contribution < 1.29 is 4.39 Å². The molecule has 0 bridgehead atoms. The monoisotopic (exact) mass is 323 g/mol. The predicted molar refractivity (Wildman–Crippen MR) is 70.6 cm³/mol. The molecule has 0 radical (unpaired) electrons. The molecule has 0 aliphatic heterocycles. The summed E-state index contributed by atoms with van der Waals surface area (Å²) in [6.45, 7) is 1.63. The number of halogens is 2. The third-order valence-corrected chi connectivity index (χ3v) is 2.79. The van der Waals surface area contributed by atoms with Crippen molar-refractivity contribution in [1.29, 1.82) is 0 Å². The van der Waals surface area contributed by atoms with Crippen LogP contribution < -0.4 is 11.1 Å². The Balaban J connectivity index is 2.65. The predicted octanol–water partition coefficient (Wildman–Crippen LogP) is 1.99. The van der Waals surface area contributed by atoms with Crippen molar-refractivity contribution in [2.24, 2.45) is 0 Å². The zero-order chi connectivity index (χ0) is 11.4. The molecule has 0 aliphatic carbocycles. The number of benzene rings is 1.